The Morgan fingerprint density at radius 2 is 1.61 bits per heavy atom. The molecule has 3 heteroatoms. The average molecular weight is 313 g/mol. The number of ether oxygens (including phenoxy) is 2. The molecule has 0 saturated carbocycles. The summed E-state index contributed by atoms with van der Waals surface area (Å²) in [5, 5.41) is 3.45. The van der Waals surface area contributed by atoms with Crippen molar-refractivity contribution in [3.8, 4) is 11.5 Å². The van der Waals surface area contributed by atoms with Crippen molar-refractivity contribution < 1.29 is 9.47 Å². The third-order valence-electron chi connectivity index (χ3n) is 3.66. The molecule has 3 nitrogen and oxygen atoms in total. The van der Waals surface area contributed by atoms with E-state index in [1.54, 1.807) is 7.11 Å². The van der Waals surface area contributed by atoms with Crippen molar-refractivity contribution in [2.75, 3.05) is 12.4 Å². The monoisotopic (exact) mass is 313 g/mol. The molecule has 0 fully saturated rings. The molecule has 23 heavy (non-hydrogen) atoms. The van der Waals surface area contributed by atoms with Gasteiger partial charge in [0, 0.05) is 12.2 Å². The molecular weight excluding hydrogens is 286 g/mol. The maximum atomic E-state index is 5.82. The summed E-state index contributed by atoms with van der Waals surface area (Å²) in [5.41, 5.74) is 3.64. The minimum atomic E-state index is 0.121. The lowest BCUT2D eigenvalue weighted by Crippen LogP contribution is -2.07. The van der Waals surface area contributed by atoms with E-state index in [0.29, 0.717) is 5.92 Å². The highest BCUT2D eigenvalue weighted by Gasteiger charge is 2.08. The van der Waals surface area contributed by atoms with E-state index in [1.165, 1.54) is 5.56 Å². The molecule has 0 bridgehead atoms. The second-order valence-corrected chi connectivity index (χ2v) is 6.28. The van der Waals surface area contributed by atoms with Crippen molar-refractivity contribution >= 4 is 5.69 Å². The number of nitrogens with one attached hydrogen (secondary N) is 1. The largest absolute Gasteiger partial charge is 0.493 e. The van der Waals surface area contributed by atoms with Crippen LogP contribution in [0, 0.1) is 0 Å². The summed E-state index contributed by atoms with van der Waals surface area (Å²) in [6.45, 7) is 9.19. The van der Waals surface area contributed by atoms with E-state index in [1.807, 2.05) is 26.0 Å². The van der Waals surface area contributed by atoms with Gasteiger partial charge < -0.3 is 14.8 Å². The molecule has 0 atom stereocenters. The predicted octanol–water partition coefficient (Wildman–Crippen LogP) is 5.22. The van der Waals surface area contributed by atoms with E-state index >= 15 is 0 Å². The molecule has 0 aliphatic heterocycles. The minimum Gasteiger partial charge on any atom is -0.493 e. The average Bonchev–Trinajstić information content (AvgIpc) is 2.53. The van der Waals surface area contributed by atoms with E-state index < -0.39 is 0 Å². The van der Waals surface area contributed by atoms with Crippen molar-refractivity contribution in [3.05, 3.63) is 53.6 Å². The summed E-state index contributed by atoms with van der Waals surface area (Å²) >= 11 is 0. The minimum absolute atomic E-state index is 0.121. The molecule has 1 N–H and O–H groups in total. The first-order valence-corrected chi connectivity index (χ1v) is 8.17. The van der Waals surface area contributed by atoms with Crippen LogP contribution >= 0.6 is 0 Å². The van der Waals surface area contributed by atoms with Crippen molar-refractivity contribution in [1.82, 2.24) is 0 Å². The van der Waals surface area contributed by atoms with Crippen molar-refractivity contribution in [2.24, 2.45) is 0 Å². The van der Waals surface area contributed by atoms with Crippen LogP contribution in [0.5, 0.6) is 11.5 Å². The maximum absolute atomic E-state index is 5.82. The van der Waals surface area contributed by atoms with E-state index in [0.717, 1.165) is 29.3 Å². The summed E-state index contributed by atoms with van der Waals surface area (Å²) in [6.07, 6.45) is 0.121. The molecule has 0 heterocycles. The molecule has 0 unspecified atom stereocenters. The Morgan fingerprint density at radius 3 is 2.17 bits per heavy atom. The fourth-order valence-electron chi connectivity index (χ4n) is 2.37. The molecule has 0 amide bonds. The summed E-state index contributed by atoms with van der Waals surface area (Å²) in [6, 6.07) is 14.7. The molecule has 124 valence electrons. The highest BCUT2D eigenvalue weighted by atomic mass is 16.5. The summed E-state index contributed by atoms with van der Waals surface area (Å²) in [5.74, 6) is 2.11. The number of rotatable bonds is 7. The first-order valence-electron chi connectivity index (χ1n) is 8.17. The lowest BCUT2D eigenvalue weighted by atomic mass is 10.0. The topological polar surface area (TPSA) is 30.5 Å². The number of hydrogen-bond acceptors (Lipinski definition) is 3. The fraction of sp³-hybridized carbons (Fsp3) is 0.400. The van der Waals surface area contributed by atoms with Gasteiger partial charge in [-0.3, -0.25) is 0 Å². The van der Waals surface area contributed by atoms with Crippen LogP contribution in [-0.2, 0) is 6.54 Å². The lowest BCUT2D eigenvalue weighted by molar-refractivity contribution is 0.230. The van der Waals surface area contributed by atoms with E-state index in [2.05, 4.69) is 49.5 Å². The molecule has 0 spiro atoms. The zero-order valence-electron chi connectivity index (χ0n) is 14.7. The van der Waals surface area contributed by atoms with Gasteiger partial charge in [-0.25, -0.2) is 0 Å². The summed E-state index contributed by atoms with van der Waals surface area (Å²) in [7, 11) is 1.66. The zero-order valence-corrected chi connectivity index (χ0v) is 14.7. The van der Waals surface area contributed by atoms with Crippen LogP contribution in [0.15, 0.2) is 42.5 Å². The third-order valence-corrected chi connectivity index (χ3v) is 3.66. The van der Waals surface area contributed by atoms with Crippen LogP contribution in [0.4, 0.5) is 5.69 Å². The van der Waals surface area contributed by atoms with E-state index in [-0.39, 0.29) is 6.10 Å². The molecule has 0 saturated heterocycles. The van der Waals surface area contributed by atoms with Gasteiger partial charge >= 0.3 is 0 Å². The Balaban J connectivity index is 2.05. The first kappa shape index (κ1) is 17.2. The maximum Gasteiger partial charge on any atom is 0.161 e. The highest BCUT2D eigenvalue weighted by molar-refractivity contribution is 5.48. The van der Waals surface area contributed by atoms with Gasteiger partial charge in [-0.05, 0) is 55.2 Å². The first-order chi connectivity index (χ1) is 11.0. The zero-order chi connectivity index (χ0) is 16.8. The van der Waals surface area contributed by atoms with Gasteiger partial charge in [0.2, 0.25) is 0 Å². The Hall–Kier alpha value is -2.16. The van der Waals surface area contributed by atoms with Crippen molar-refractivity contribution in [1.29, 1.82) is 0 Å². The number of methoxy groups -OCH3 is 1. The number of benzene rings is 2. The number of anilines is 1. The van der Waals surface area contributed by atoms with Gasteiger partial charge in [-0.1, -0.05) is 32.0 Å². The molecule has 0 aromatic heterocycles. The van der Waals surface area contributed by atoms with Crippen LogP contribution in [0.3, 0.4) is 0 Å². The molecule has 2 rings (SSSR count). The molecule has 0 radical (unpaired) electrons. The van der Waals surface area contributed by atoms with Crippen LogP contribution in [0.25, 0.3) is 0 Å². The molecule has 0 aliphatic carbocycles. The Bertz CT molecular complexity index is 618. The molecule has 2 aromatic carbocycles. The second kappa shape index (κ2) is 7.91. The second-order valence-electron chi connectivity index (χ2n) is 6.28. The number of hydrogen-bond donors (Lipinski definition) is 1. The summed E-state index contributed by atoms with van der Waals surface area (Å²) in [4.78, 5) is 0. The third kappa shape index (κ3) is 4.92. The Labute approximate surface area is 139 Å². The Morgan fingerprint density at radius 1 is 0.913 bits per heavy atom. The van der Waals surface area contributed by atoms with E-state index in [9.17, 15) is 0 Å². The lowest BCUT2D eigenvalue weighted by Gasteiger charge is -2.15. The van der Waals surface area contributed by atoms with Gasteiger partial charge in [-0.2, -0.15) is 0 Å². The SMILES string of the molecule is COc1ccc(CNc2ccc(C(C)C)cc2)cc1OC(C)C. The fourth-order valence-corrected chi connectivity index (χ4v) is 2.37. The van der Waals surface area contributed by atoms with Crippen LogP contribution in [0.1, 0.15) is 44.7 Å². The van der Waals surface area contributed by atoms with Crippen LogP contribution < -0.4 is 14.8 Å². The van der Waals surface area contributed by atoms with Gasteiger partial charge in [0.15, 0.2) is 11.5 Å². The predicted molar refractivity (Wildman–Crippen MR) is 96.6 cm³/mol. The van der Waals surface area contributed by atoms with Gasteiger partial charge in [-0.15, -0.1) is 0 Å². The Kier molecular flexibility index (Phi) is 5.91. The van der Waals surface area contributed by atoms with Gasteiger partial charge in [0.25, 0.3) is 0 Å². The van der Waals surface area contributed by atoms with Gasteiger partial charge in [0.1, 0.15) is 0 Å². The quantitative estimate of drug-likeness (QED) is 0.760. The molecule has 2 aromatic rings. The molecular formula is C20H27NO2. The van der Waals surface area contributed by atoms with Gasteiger partial charge in [0.05, 0.1) is 13.2 Å². The standard InChI is InChI=1S/C20H27NO2/c1-14(2)17-7-9-18(10-8-17)21-13-16-6-11-19(22-5)20(12-16)23-15(3)4/h6-12,14-15,21H,13H2,1-5H3. The van der Waals surface area contributed by atoms with Crippen LogP contribution in [0.2, 0.25) is 0 Å². The van der Waals surface area contributed by atoms with E-state index in [4.69, 9.17) is 9.47 Å². The van der Waals surface area contributed by atoms with Crippen molar-refractivity contribution in [2.45, 2.75) is 46.3 Å². The summed E-state index contributed by atoms with van der Waals surface area (Å²) < 4.78 is 11.2. The molecule has 0 aliphatic rings. The normalized spacial score (nSPS) is 10.9. The van der Waals surface area contributed by atoms with Crippen molar-refractivity contribution in [3.63, 3.8) is 0 Å². The van der Waals surface area contributed by atoms with Crippen LogP contribution in [-0.4, -0.2) is 13.2 Å². The smallest absolute Gasteiger partial charge is 0.161 e. The highest BCUT2D eigenvalue weighted by Crippen LogP contribution is 2.29.